The summed E-state index contributed by atoms with van der Waals surface area (Å²) in [6.45, 7) is 3.55. The Hall–Kier alpha value is -1.80. The average Bonchev–Trinajstić information content (AvgIpc) is 2.96. The number of thiophene rings is 1. The largest absolute Gasteiger partial charge is 0.393 e. The van der Waals surface area contributed by atoms with Crippen molar-refractivity contribution in [2.45, 2.75) is 39.0 Å². The molecule has 0 saturated carbocycles. The minimum atomic E-state index is -0.444. The Morgan fingerprint density at radius 3 is 3.00 bits per heavy atom. The van der Waals surface area contributed by atoms with Gasteiger partial charge in [0.15, 0.2) is 0 Å². The van der Waals surface area contributed by atoms with Crippen LogP contribution < -0.4 is 5.32 Å². The first-order valence-electron chi connectivity index (χ1n) is 6.33. The maximum absolute atomic E-state index is 11.8. The number of aliphatic hydroxyl groups is 1. The number of nitrogens with zero attached hydrogens (tertiary/aromatic N) is 4. The molecule has 2 unspecified atom stereocenters. The van der Waals surface area contributed by atoms with Gasteiger partial charge in [0.2, 0.25) is 11.7 Å². The number of hydrogen-bond acceptors (Lipinski definition) is 6. The zero-order chi connectivity index (χ0) is 14.5. The first-order chi connectivity index (χ1) is 9.54. The van der Waals surface area contributed by atoms with Crippen LogP contribution in [0.5, 0.6) is 0 Å². The maximum Gasteiger partial charge on any atom is 0.243 e. The minimum absolute atomic E-state index is 0.0164. The average molecular weight is 295 g/mol. The molecule has 2 rings (SSSR count). The van der Waals surface area contributed by atoms with E-state index in [0.29, 0.717) is 12.2 Å². The summed E-state index contributed by atoms with van der Waals surface area (Å²) < 4.78 is 0. The van der Waals surface area contributed by atoms with Gasteiger partial charge in [-0.3, -0.25) is 4.79 Å². The van der Waals surface area contributed by atoms with Gasteiger partial charge in [-0.15, -0.1) is 21.5 Å². The fraction of sp³-hybridized carbons (Fsp3) is 0.500. The first-order valence-corrected chi connectivity index (χ1v) is 7.21. The van der Waals surface area contributed by atoms with Gasteiger partial charge >= 0.3 is 0 Å². The van der Waals surface area contributed by atoms with Gasteiger partial charge in [0.25, 0.3) is 0 Å². The van der Waals surface area contributed by atoms with Crippen LogP contribution in [-0.2, 0) is 11.3 Å². The third-order valence-corrected chi connectivity index (χ3v) is 3.45. The number of hydrogen-bond donors (Lipinski definition) is 2. The summed E-state index contributed by atoms with van der Waals surface area (Å²) in [5.74, 6) is 0.318. The van der Waals surface area contributed by atoms with E-state index < -0.39 is 6.10 Å². The Labute approximate surface area is 120 Å². The molecule has 108 valence electrons. The molecule has 0 aromatic carbocycles. The number of aliphatic hydroxyl groups excluding tert-OH is 1. The van der Waals surface area contributed by atoms with Gasteiger partial charge in [-0.05, 0) is 36.9 Å². The van der Waals surface area contributed by atoms with Crippen LogP contribution in [0.4, 0.5) is 0 Å². The van der Waals surface area contributed by atoms with Crippen LogP contribution in [-0.4, -0.2) is 43.4 Å². The van der Waals surface area contributed by atoms with Crippen molar-refractivity contribution in [2.75, 3.05) is 0 Å². The highest BCUT2D eigenvalue weighted by atomic mass is 32.1. The van der Waals surface area contributed by atoms with E-state index in [2.05, 4.69) is 20.7 Å². The third kappa shape index (κ3) is 4.10. The zero-order valence-electron chi connectivity index (χ0n) is 11.4. The van der Waals surface area contributed by atoms with Crippen LogP contribution in [0.25, 0.3) is 10.7 Å². The molecule has 0 aliphatic rings. The van der Waals surface area contributed by atoms with Gasteiger partial charge in [0, 0.05) is 6.04 Å². The highest BCUT2D eigenvalue weighted by Crippen LogP contribution is 2.19. The van der Waals surface area contributed by atoms with Gasteiger partial charge in [0.05, 0.1) is 11.0 Å². The second kappa shape index (κ2) is 6.58. The minimum Gasteiger partial charge on any atom is -0.393 e. The van der Waals surface area contributed by atoms with Crippen molar-refractivity contribution in [1.29, 1.82) is 0 Å². The molecule has 7 nitrogen and oxygen atoms in total. The van der Waals surface area contributed by atoms with E-state index in [1.54, 1.807) is 6.92 Å². The van der Waals surface area contributed by atoms with Crippen molar-refractivity contribution in [1.82, 2.24) is 25.5 Å². The van der Waals surface area contributed by atoms with Crippen molar-refractivity contribution in [3.63, 3.8) is 0 Å². The van der Waals surface area contributed by atoms with Crippen molar-refractivity contribution in [2.24, 2.45) is 0 Å². The number of rotatable bonds is 6. The first kappa shape index (κ1) is 14.6. The molecule has 2 N–H and O–H groups in total. The van der Waals surface area contributed by atoms with Crippen LogP contribution in [0.1, 0.15) is 20.3 Å². The van der Waals surface area contributed by atoms with Gasteiger partial charge < -0.3 is 10.4 Å². The Balaban J connectivity index is 1.89. The van der Waals surface area contributed by atoms with E-state index in [1.165, 1.54) is 16.1 Å². The standard InChI is InChI=1S/C12H17N5O2S/c1-8(6-9(2)18)13-11(19)7-17-15-12(14-16-17)10-4-3-5-20-10/h3-5,8-9,18H,6-7H2,1-2H3,(H,13,19). The molecule has 0 aliphatic heterocycles. The molecule has 0 fully saturated rings. The summed E-state index contributed by atoms with van der Waals surface area (Å²) in [4.78, 5) is 14.0. The molecule has 2 aromatic rings. The summed E-state index contributed by atoms with van der Waals surface area (Å²) in [6.07, 6.45) is 0.0666. The summed E-state index contributed by atoms with van der Waals surface area (Å²) >= 11 is 1.52. The van der Waals surface area contributed by atoms with E-state index in [0.717, 1.165) is 4.88 Å². The molecule has 2 atom stereocenters. The number of aromatic nitrogens is 4. The lowest BCUT2D eigenvalue weighted by Gasteiger charge is -2.14. The SMILES string of the molecule is CC(O)CC(C)NC(=O)Cn1nnc(-c2cccs2)n1. The van der Waals surface area contributed by atoms with E-state index in [1.807, 2.05) is 24.4 Å². The van der Waals surface area contributed by atoms with Crippen molar-refractivity contribution >= 4 is 17.2 Å². The lowest BCUT2D eigenvalue weighted by molar-refractivity contribution is -0.122. The van der Waals surface area contributed by atoms with Crippen LogP contribution in [0.2, 0.25) is 0 Å². The Bertz CT molecular complexity index is 552. The smallest absolute Gasteiger partial charge is 0.243 e. The van der Waals surface area contributed by atoms with Crippen LogP contribution in [0, 0.1) is 0 Å². The quantitative estimate of drug-likeness (QED) is 0.817. The molecular formula is C12H17N5O2S. The molecule has 20 heavy (non-hydrogen) atoms. The molecule has 1 amide bonds. The second-order valence-corrected chi connectivity index (χ2v) is 5.62. The molecule has 2 heterocycles. The second-order valence-electron chi connectivity index (χ2n) is 4.67. The number of tetrazole rings is 1. The number of amides is 1. The highest BCUT2D eigenvalue weighted by Gasteiger charge is 2.13. The summed E-state index contributed by atoms with van der Waals surface area (Å²) in [6, 6.07) is 3.71. The predicted molar refractivity (Wildman–Crippen MR) is 75.0 cm³/mol. The molecule has 8 heteroatoms. The van der Waals surface area contributed by atoms with Crippen LogP contribution in [0.15, 0.2) is 17.5 Å². The maximum atomic E-state index is 11.8. The van der Waals surface area contributed by atoms with Crippen molar-refractivity contribution < 1.29 is 9.90 Å². The lowest BCUT2D eigenvalue weighted by Crippen LogP contribution is -2.37. The van der Waals surface area contributed by atoms with Gasteiger partial charge in [-0.2, -0.15) is 4.80 Å². The van der Waals surface area contributed by atoms with Crippen molar-refractivity contribution in [3.05, 3.63) is 17.5 Å². The molecule has 0 spiro atoms. The van der Waals surface area contributed by atoms with Gasteiger partial charge in [-0.1, -0.05) is 6.07 Å². The summed E-state index contributed by atoms with van der Waals surface area (Å²) in [5.41, 5.74) is 0. The monoisotopic (exact) mass is 295 g/mol. The Morgan fingerprint density at radius 1 is 1.55 bits per heavy atom. The highest BCUT2D eigenvalue weighted by molar-refractivity contribution is 7.13. The third-order valence-electron chi connectivity index (χ3n) is 2.58. The predicted octanol–water partition coefficient (Wildman–Crippen LogP) is 0.677. The number of carbonyl (C=O) groups excluding carboxylic acids is 1. The molecule has 0 saturated heterocycles. The Morgan fingerprint density at radius 2 is 2.35 bits per heavy atom. The van der Waals surface area contributed by atoms with Gasteiger partial charge in [0.1, 0.15) is 6.54 Å². The zero-order valence-corrected chi connectivity index (χ0v) is 12.2. The fourth-order valence-electron chi connectivity index (χ4n) is 1.83. The lowest BCUT2D eigenvalue weighted by atomic mass is 10.1. The molecule has 2 aromatic heterocycles. The summed E-state index contributed by atoms with van der Waals surface area (Å²) in [5, 5.41) is 25.9. The van der Waals surface area contributed by atoms with E-state index >= 15 is 0 Å². The number of carbonyl (C=O) groups is 1. The van der Waals surface area contributed by atoms with E-state index in [4.69, 9.17) is 0 Å². The van der Waals surface area contributed by atoms with E-state index in [9.17, 15) is 9.90 Å². The summed E-state index contributed by atoms with van der Waals surface area (Å²) in [7, 11) is 0. The normalized spacial score (nSPS) is 13.9. The number of nitrogens with one attached hydrogen (secondary N) is 1. The molecular weight excluding hydrogens is 278 g/mol. The Kier molecular flexibility index (Phi) is 4.80. The molecule has 0 aliphatic carbocycles. The van der Waals surface area contributed by atoms with E-state index in [-0.39, 0.29) is 18.5 Å². The molecule has 0 radical (unpaired) electrons. The van der Waals surface area contributed by atoms with Crippen LogP contribution >= 0.6 is 11.3 Å². The topological polar surface area (TPSA) is 92.9 Å². The van der Waals surface area contributed by atoms with Crippen molar-refractivity contribution in [3.8, 4) is 10.7 Å². The van der Waals surface area contributed by atoms with Crippen LogP contribution in [0.3, 0.4) is 0 Å². The molecule has 0 bridgehead atoms. The fourth-order valence-corrected chi connectivity index (χ4v) is 2.48. The van der Waals surface area contributed by atoms with Gasteiger partial charge in [-0.25, -0.2) is 0 Å².